The first-order chi connectivity index (χ1) is 15.1. The number of phenolic OH excluding ortho intramolecular Hbond substituents is 2. The van der Waals surface area contributed by atoms with Gasteiger partial charge < -0.3 is 29.9 Å². The second kappa shape index (κ2) is 9.67. The summed E-state index contributed by atoms with van der Waals surface area (Å²) < 4.78 is 11.4. The van der Waals surface area contributed by atoms with Crippen molar-refractivity contribution in [2.45, 2.75) is 103 Å². The van der Waals surface area contributed by atoms with Crippen LogP contribution in [0.3, 0.4) is 0 Å². The molecule has 0 saturated carbocycles. The number of aliphatic hydroxyl groups is 2. The minimum Gasteiger partial charge on any atom is -0.507 e. The van der Waals surface area contributed by atoms with E-state index < -0.39 is 30.0 Å². The molecule has 1 spiro atoms. The molecule has 3 rings (SSSR count). The summed E-state index contributed by atoms with van der Waals surface area (Å²) in [6.07, 6.45) is -0.261. The summed E-state index contributed by atoms with van der Waals surface area (Å²) >= 11 is 0. The lowest BCUT2D eigenvalue weighted by Crippen LogP contribution is -2.55. The van der Waals surface area contributed by atoms with Gasteiger partial charge in [0.05, 0.1) is 23.9 Å². The highest BCUT2D eigenvalue weighted by Crippen LogP contribution is 2.50. The topological polar surface area (TPSA) is 120 Å². The van der Waals surface area contributed by atoms with Crippen LogP contribution in [-0.2, 0) is 22.3 Å². The van der Waals surface area contributed by atoms with E-state index in [1.807, 2.05) is 34.6 Å². The zero-order valence-corrected chi connectivity index (χ0v) is 19.8. The maximum absolute atomic E-state index is 13.7. The van der Waals surface area contributed by atoms with Gasteiger partial charge in [0.25, 0.3) is 0 Å². The van der Waals surface area contributed by atoms with Crippen LogP contribution in [0.4, 0.5) is 0 Å². The standard InChI is InChI=1S/C25H38O7/c1-6-9-16(18-12-19(26)25(24(30)31-18)20(8-3)32-25)23(29)17-11-14(10-13(4)5)21(27)15(7-2)22(17)28/h11,13,16,18-20,24,26-28,30H,6-10,12H2,1-5H3. The second-order valence-electron chi connectivity index (χ2n) is 9.62. The van der Waals surface area contributed by atoms with E-state index in [1.165, 1.54) is 0 Å². The van der Waals surface area contributed by atoms with Gasteiger partial charge in [-0.05, 0) is 43.2 Å². The fraction of sp³-hybridized carbons (Fsp3) is 0.720. The average molecular weight is 451 g/mol. The predicted molar refractivity (Wildman–Crippen MR) is 120 cm³/mol. The summed E-state index contributed by atoms with van der Waals surface area (Å²) in [4.78, 5) is 13.7. The van der Waals surface area contributed by atoms with Crippen LogP contribution in [-0.4, -0.2) is 56.4 Å². The third-order valence-corrected chi connectivity index (χ3v) is 6.91. The summed E-state index contributed by atoms with van der Waals surface area (Å²) in [5.41, 5.74) is 0.0539. The number of benzene rings is 1. The lowest BCUT2D eigenvalue weighted by Gasteiger charge is -2.39. The number of hydrogen-bond donors (Lipinski definition) is 4. The third-order valence-electron chi connectivity index (χ3n) is 6.91. The Morgan fingerprint density at radius 3 is 2.38 bits per heavy atom. The number of aliphatic hydroxyl groups excluding tert-OH is 2. The van der Waals surface area contributed by atoms with Gasteiger partial charge in [-0.15, -0.1) is 0 Å². The van der Waals surface area contributed by atoms with Gasteiger partial charge in [0.15, 0.2) is 17.7 Å². The summed E-state index contributed by atoms with van der Waals surface area (Å²) in [5, 5.41) is 42.9. The Balaban J connectivity index is 1.93. The van der Waals surface area contributed by atoms with Crippen molar-refractivity contribution in [2.24, 2.45) is 11.8 Å². The van der Waals surface area contributed by atoms with Crippen molar-refractivity contribution in [1.82, 2.24) is 0 Å². The average Bonchev–Trinajstić information content (AvgIpc) is 3.48. The van der Waals surface area contributed by atoms with Crippen LogP contribution in [0.15, 0.2) is 6.07 Å². The van der Waals surface area contributed by atoms with Crippen molar-refractivity contribution in [3.05, 3.63) is 22.8 Å². The Hall–Kier alpha value is -1.67. The van der Waals surface area contributed by atoms with E-state index in [0.717, 1.165) is 0 Å². The maximum atomic E-state index is 13.7. The monoisotopic (exact) mass is 450 g/mol. The molecular formula is C25H38O7. The minimum atomic E-state index is -1.32. The van der Waals surface area contributed by atoms with Crippen LogP contribution >= 0.6 is 0 Å². The molecule has 32 heavy (non-hydrogen) atoms. The van der Waals surface area contributed by atoms with E-state index >= 15 is 0 Å². The number of aromatic hydroxyl groups is 2. The number of carbonyl (C=O) groups excluding carboxylic acids is 1. The van der Waals surface area contributed by atoms with E-state index in [2.05, 4.69) is 0 Å². The summed E-state index contributed by atoms with van der Waals surface area (Å²) in [6.45, 7) is 9.74. The largest absolute Gasteiger partial charge is 0.507 e. The van der Waals surface area contributed by atoms with Gasteiger partial charge in [-0.2, -0.15) is 0 Å². The number of ether oxygens (including phenoxy) is 2. The molecule has 180 valence electrons. The molecule has 6 atom stereocenters. The number of phenols is 2. The highest BCUT2D eigenvalue weighted by atomic mass is 16.7. The molecule has 6 unspecified atom stereocenters. The van der Waals surface area contributed by atoms with Gasteiger partial charge in [0.1, 0.15) is 11.5 Å². The molecular weight excluding hydrogens is 412 g/mol. The maximum Gasteiger partial charge on any atom is 0.189 e. The molecule has 2 saturated heterocycles. The first-order valence-electron chi connectivity index (χ1n) is 11.9. The van der Waals surface area contributed by atoms with Gasteiger partial charge in [0.2, 0.25) is 0 Å². The molecule has 2 fully saturated rings. The van der Waals surface area contributed by atoms with Crippen LogP contribution in [0.5, 0.6) is 11.5 Å². The number of ketones is 1. The van der Waals surface area contributed by atoms with Crippen LogP contribution < -0.4 is 0 Å². The second-order valence-corrected chi connectivity index (χ2v) is 9.62. The van der Waals surface area contributed by atoms with Gasteiger partial charge in [-0.3, -0.25) is 4.79 Å². The molecule has 7 nitrogen and oxygen atoms in total. The van der Waals surface area contributed by atoms with E-state index in [4.69, 9.17) is 9.47 Å². The van der Waals surface area contributed by atoms with Gasteiger partial charge in [0, 0.05) is 17.9 Å². The van der Waals surface area contributed by atoms with Crippen LogP contribution in [0.1, 0.15) is 81.8 Å². The van der Waals surface area contributed by atoms with Crippen molar-refractivity contribution in [1.29, 1.82) is 0 Å². The number of Topliss-reactive ketones (excluding diaryl/α,β-unsaturated/α-hetero) is 1. The van der Waals surface area contributed by atoms with Gasteiger partial charge in [-0.1, -0.05) is 41.0 Å². The van der Waals surface area contributed by atoms with Crippen LogP contribution in [0, 0.1) is 11.8 Å². The van der Waals surface area contributed by atoms with Gasteiger partial charge >= 0.3 is 0 Å². The Morgan fingerprint density at radius 1 is 1.19 bits per heavy atom. The Morgan fingerprint density at radius 2 is 1.88 bits per heavy atom. The molecule has 2 aliphatic heterocycles. The zero-order chi connectivity index (χ0) is 23.8. The highest BCUT2D eigenvalue weighted by Gasteiger charge is 2.68. The predicted octanol–water partition coefficient (Wildman–Crippen LogP) is 3.47. The van der Waals surface area contributed by atoms with E-state index in [1.54, 1.807) is 6.07 Å². The van der Waals surface area contributed by atoms with Crippen molar-refractivity contribution in [3.63, 3.8) is 0 Å². The molecule has 2 aliphatic rings. The van der Waals surface area contributed by atoms with E-state index in [-0.39, 0.29) is 41.3 Å². The van der Waals surface area contributed by atoms with E-state index in [9.17, 15) is 25.2 Å². The SMILES string of the molecule is CCCC(C(=O)c1cc(CC(C)C)c(O)c(CC)c1O)C1CC(O)C2(OC2CC)C(O)O1. The smallest absolute Gasteiger partial charge is 0.189 e. The molecule has 0 aliphatic carbocycles. The van der Waals surface area contributed by atoms with Crippen molar-refractivity contribution in [3.8, 4) is 11.5 Å². The molecule has 1 aromatic rings. The third kappa shape index (κ3) is 4.28. The quantitative estimate of drug-likeness (QED) is 0.336. The fourth-order valence-electron chi connectivity index (χ4n) is 5.17. The van der Waals surface area contributed by atoms with Crippen LogP contribution in [0.2, 0.25) is 0 Å². The fourth-order valence-corrected chi connectivity index (χ4v) is 5.17. The number of hydrogen-bond acceptors (Lipinski definition) is 7. The lowest BCUT2D eigenvalue weighted by molar-refractivity contribution is -0.239. The lowest BCUT2D eigenvalue weighted by atomic mass is 9.80. The summed E-state index contributed by atoms with van der Waals surface area (Å²) in [7, 11) is 0. The number of epoxide rings is 1. The first-order valence-corrected chi connectivity index (χ1v) is 11.9. The van der Waals surface area contributed by atoms with Crippen LogP contribution in [0.25, 0.3) is 0 Å². The molecule has 1 aromatic carbocycles. The first kappa shape index (κ1) is 25.0. The molecule has 2 heterocycles. The molecule has 4 N–H and O–H groups in total. The normalized spacial score (nSPS) is 30.6. The number of rotatable bonds is 9. The summed E-state index contributed by atoms with van der Waals surface area (Å²) in [5.74, 6) is -0.840. The Labute approximate surface area is 190 Å². The minimum absolute atomic E-state index is 0.0421. The van der Waals surface area contributed by atoms with Gasteiger partial charge in [-0.25, -0.2) is 0 Å². The number of carbonyl (C=O) groups is 1. The van der Waals surface area contributed by atoms with E-state index in [0.29, 0.717) is 43.2 Å². The molecule has 0 amide bonds. The zero-order valence-electron chi connectivity index (χ0n) is 19.8. The molecule has 0 bridgehead atoms. The summed E-state index contributed by atoms with van der Waals surface area (Å²) in [6, 6.07) is 1.59. The molecule has 7 heteroatoms. The Bertz CT molecular complexity index is 822. The molecule has 0 aromatic heterocycles. The van der Waals surface area contributed by atoms with Crippen molar-refractivity contribution >= 4 is 5.78 Å². The Kier molecular flexibility index (Phi) is 7.55. The highest BCUT2D eigenvalue weighted by molar-refractivity contribution is 6.01. The van der Waals surface area contributed by atoms with Crippen molar-refractivity contribution in [2.75, 3.05) is 0 Å². The van der Waals surface area contributed by atoms with Crippen molar-refractivity contribution < 1.29 is 34.7 Å². The molecule has 0 radical (unpaired) electrons.